The number of aromatic nitrogens is 3. The van der Waals surface area contributed by atoms with E-state index in [1.54, 1.807) is 27.7 Å². The molecule has 0 saturated carbocycles. The number of nitrogens with one attached hydrogen (secondary N) is 1. The number of anilines is 1. The zero-order chi connectivity index (χ0) is 15.0. The summed E-state index contributed by atoms with van der Waals surface area (Å²) in [7, 11) is 0. The van der Waals surface area contributed by atoms with Crippen molar-refractivity contribution in [1.82, 2.24) is 15.2 Å². The Morgan fingerprint density at radius 2 is 1.70 bits per heavy atom. The fourth-order valence-electron chi connectivity index (χ4n) is 1.64. The van der Waals surface area contributed by atoms with Gasteiger partial charge in [-0.1, -0.05) is 12.1 Å². The third-order valence-corrected chi connectivity index (χ3v) is 3.88. The fourth-order valence-corrected chi connectivity index (χ4v) is 1.64. The summed E-state index contributed by atoms with van der Waals surface area (Å²) in [6.07, 6.45) is 0. The molecule has 2 N–H and O–H groups in total. The normalized spacial score (nSPS) is 12.4. The van der Waals surface area contributed by atoms with E-state index in [0.29, 0.717) is 17.0 Å². The van der Waals surface area contributed by atoms with Crippen molar-refractivity contribution in [2.24, 2.45) is 5.41 Å². The lowest BCUT2D eigenvalue weighted by molar-refractivity contribution is -0.149. The fraction of sp³-hybridized carbons (Fsp3) is 0.429. The molecule has 0 bridgehead atoms. The maximum atomic E-state index is 11.4. The highest BCUT2D eigenvalue weighted by Crippen LogP contribution is 2.33. The number of nitrogens with zero attached hydrogens (tertiary/aromatic N) is 3. The number of fused-ring (bicyclic) bond motifs is 1. The van der Waals surface area contributed by atoms with Crippen molar-refractivity contribution < 1.29 is 9.90 Å². The summed E-state index contributed by atoms with van der Waals surface area (Å²) >= 11 is 0. The van der Waals surface area contributed by atoms with Crippen molar-refractivity contribution in [3.8, 4) is 0 Å². The molecule has 0 aliphatic carbocycles. The Labute approximate surface area is 117 Å². The van der Waals surface area contributed by atoms with E-state index < -0.39 is 16.9 Å². The topological polar surface area (TPSA) is 88.0 Å². The van der Waals surface area contributed by atoms with Gasteiger partial charge in [0, 0.05) is 0 Å². The Balaban J connectivity index is 2.34. The van der Waals surface area contributed by atoms with Gasteiger partial charge >= 0.3 is 5.97 Å². The van der Waals surface area contributed by atoms with Crippen LogP contribution in [-0.4, -0.2) is 31.8 Å². The summed E-state index contributed by atoms with van der Waals surface area (Å²) in [5, 5.41) is 20.5. The van der Waals surface area contributed by atoms with Gasteiger partial charge in [0.1, 0.15) is 5.52 Å². The minimum atomic E-state index is -0.984. The van der Waals surface area contributed by atoms with Gasteiger partial charge in [-0.25, -0.2) is 4.98 Å². The third-order valence-electron chi connectivity index (χ3n) is 3.88. The zero-order valence-electron chi connectivity index (χ0n) is 12.0. The summed E-state index contributed by atoms with van der Waals surface area (Å²) < 4.78 is 0. The average Bonchev–Trinajstić information content (AvgIpc) is 2.37. The van der Waals surface area contributed by atoms with E-state index in [0.717, 1.165) is 0 Å². The third kappa shape index (κ3) is 2.41. The Bertz CT molecular complexity index is 652. The Morgan fingerprint density at radius 1 is 1.10 bits per heavy atom. The van der Waals surface area contributed by atoms with Crippen LogP contribution < -0.4 is 5.32 Å². The van der Waals surface area contributed by atoms with Crippen molar-refractivity contribution >= 4 is 23.0 Å². The molecule has 6 heteroatoms. The van der Waals surface area contributed by atoms with Crippen LogP contribution in [0.4, 0.5) is 5.95 Å². The highest BCUT2D eigenvalue weighted by molar-refractivity contribution is 5.77. The van der Waals surface area contributed by atoms with Gasteiger partial charge in [0.05, 0.1) is 16.5 Å². The van der Waals surface area contributed by atoms with Crippen molar-refractivity contribution in [3.63, 3.8) is 0 Å². The summed E-state index contributed by atoms with van der Waals surface area (Å²) in [6.45, 7) is 6.94. The van der Waals surface area contributed by atoms with E-state index in [1.807, 2.05) is 24.3 Å². The van der Waals surface area contributed by atoms with Gasteiger partial charge in [0.15, 0.2) is 0 Å². The molecule has 2 rings (SSSR count). The quantitative estimate of drug-likeness (QED) is 0.889. The molecule has 0 radical (unpaired) electrons. The summed E-state index contributed by atoms with van der Waals surface area (Å²) in [5.74, 6) is -0.563. The number of carboxylic acid groups (broad SMARTS) is 1. The first-order valence-electron chi connectivity index (χ1n) is 6.35. The molecule has 0 amide bonds. The smallest absolute Gasteiger partial charge is 0.311 e. The minimum Gasteiger partial charge on any atom is -0.481 e. The van der Waals surface area contributed by atoms with Gasteiger partial charge in [0.2, 0.25) is 5.95 Å². The number of carbonyl (C=O) groups is 1. The van der Waals surface area contributed by atoms with Crippen molar-refractivity contribution in [1.29, 1.82) is 0 Å². The van der Waals surface area contributed by atoms with E-state index in [2.05, 4.69) is 20.5 Å². The highest BCUT2D eigenvalue weighted by Gasteiger charge is 2.44. The van der Waals surface area contributed by atoms with Crippen LogP contribution in [0.25, 0.3) is 11.0 Å². The molecule has 2 aromatic rings. The van der Waals surface area contributed by atoms with Crippen LogP contribution >= 0.6 is 0 Å². The summed E-state index contributed by atoms with van der Waals surface area (Å²) in [5.41, 5.74) is -0.299. The van der Waals surface area contributed by atoms with Crippen molar-refractivity contribution in [2.45, 2.75) is 33.2 Å². The molecule has 0 spiro atoms. The molecule has 0 fully saturated rings. The lowest BCUT2D eigenvalue weighted by Crippen LogP contribution is -2.51. The molecular formula is C14H18N4O2. The first-order valence-corrected chi connectivity index (χ1v) is 6.35. The van der Waals surface area contributed by atoms with Crippen molar-refractivity contribution in [2.75, 3.05) is 5.32 Å². The maximum Gasteiger partial charge on any atom is 0.311 e. The highest BCUT2D eigenvalue weighted by atomic mass is 16.4. The molecule has 0 atom stereocenters. The molecular weight excluding hydrogens is 256 g/mol. The number of benzene rings is 1. The van der Waals surface area contributed by atoms with Gasteiger partial charge in [-0.2, -0.15) is 0 Å². The molecule has 20 heavy (non-hydrogen) atoms. The standard InChI is InChI=1S/C14H18N4O2/c1-13(2,11(19)20)14(3,4)16-12-15-9-7-5-6-8-10(9)17-18-12/h5-8H,1-4H3,(H,19,20)(H,15,16,18). The maximum absolute atomic E-state index is 11.4. The number of aliphatic carboxylic acids is 1. The number of para-hydroxylation sites is 1. The van der Waals surface area contributed by atoms with Gasteiger partial charge in [-0.15, -0.1) is 10.2 Å². The van der Waals surface area contributed by atoms with Crippen LogP contribution in [0.5, 0.6) is 0 Å². The van der Waals surface area contributed by atoms with Crippen LogP contribution in [-0.2, 0) is 4.79 Å². The van der Waals surface area contributed by atoms with Gasteiger partial charge in [0.25, 0.3) is 0 Å². The molecule has 0 unspecified atom stereocenters. The molecule has 1 aromatic heterocycles. The SMILES string of the molecule is CC(C)(Nc1nnc2ccccc2n1)C(C)(C)C(=O)O. The molecule has 0 aliphatic rings. The van der Waals surface area contributed by atoms with E-state index in [4.69, 9.17) is 0 Å². The Morgan fingerprint density at radius 3 is 2.30 bits per heavy atom. The van der Waals surface area contributed by atoms with Crippen LogP contribution in [0.15, 0.2) is 24.3 Å². The second-order valence-electron chi connectivity index (χ2n) is 5.80. The number of rotatable bonds is 4. The lowest BCUT2D eigenvalue weighted by atomic mass is 9.74. The Kier molecular flexibility index (Phi) is 3.33. The predicted molar refractivity (Wildman–Crippen MR) is 76.5 cm³/mol. The van der Waals surface area contributed by atoms with E-state index in [1.165, 1.54) is 0 Å². The molecule has 1 aromatic carbocycles. The molecule has 1 heterocycles. The summed E-state index contributed by atoms with van der Waals surface area (Å²) in [4.78, 5) is 15.7. The molecule has 6 nitrogen and oxygen atoms in total. The minimum absolute atomic E-state index is 0.322. The lowest BCUT2D eigenvalue weighted by Gasteiger charge is -2.38. The van der Waals surface area contributed by atoms with Gasteiger partial charge in [-0.05, 0) is 39.8 Å². The summed E-state index contributed by atoms with van der Waals surface area (Å²) in [6, 6.07) is 7.40. The number of hydrogen-bond donors (Lipinski definition) is 2. The Hall–Kier alpha value is -2.24. The van der Waals surface area contributed by atoms with E-state index in [9.17, 15) is 9.90 Å². The number of hydrogen-bond acceptors (Lipinski definition) is 5. The second kappa shape index (κ2) is 4.70. The van der Waals surface area contributed by atoms with Crippen LogP contribution in [0.3, 0.4) is 0 Å². The molecule has 106 valence electrons. The van der Waals surface area contributed by atoms with Crippen molar-refractivity contribution in [3.05, 3.63) is 24.3 Å². The van der Waals surface area contributed by atoms with Crippen LogP contribution in [0, 0.1) is 5.41 Å². The first-order chi connectivity index (χ1) is 9.24. The zero-order valence-corrected chi connectivity index (χ0v) is 12.0. The monoisotopic (exact) mass is 274 g/mol. The molecule has 0 saturated heterocycles. The van der Waals surface area contributed by atoms with Crippen LogP contribution in [0.1, 0.15) is 27.7 Å². The molecule has 0 aliphatic heterocycles. The van der Waals surface area contributed by atoms with Gasteiger partial charge < -0.3 is 10.4 Å². The first kappa shape index (κ1) is 14.2. The largest absolute Gasteiger partial charge is 0.481 e. The van der Waals surface area contributed by atoms with Crippen LogP contribution in [0.2, 0.25) is 0 Å². The van der Waals surface area contributed by atoms with E-state index >= 15 is 0 Å². The number of carboxylic acids is 1. The average molecular weight is 274 g/mol. The second-order valence-corrected chi connectivity index (χ2v) is 5.80. The van der Waals surface area contributed by atoms with E-state index in [-0.39, 0.29) is 0 Å². The van der Waals surface area contributed by atoms with Gasteiger partial charge in [-0.3, -0.25) is 4.79 Å². The predicted octanol–water partition coefficient (Wildman–Crippen LogP) is 2.33.